The van der Waals surface area contributed by atoms with E-state index in [4.69, 9.17) is 4.74 Å². The molecule has 0 heterocycles. The largest absolute Gasteiger partial charge is 4.00 e. The standard InChI is InChI=1S/C14H13O.C6H5.2ClH.H4Si.Ti/c1-11-7-6-10-14(12(11)2)15-13-8-4-3-5-9-13;1-2-4-6-5-3-1;;;;/h3-9H,1-2H3;1-5H;2*1H;1H4;/q2*-1;;;;+4/p-2. The zero-order valence-electron chi connectivity index (χ0n) is 13.6. The Morgan fingerprint density at radius 1 is 0.760 bits per heavy atom. The zero-order chi connectivity index (χ0) is 14.9. The summed E-state index contributed by atoms with van der Waals surface area (Å²) in [5, 5.41) is 0. The fraction of sp³-hybridized carbons (Fsp3) is 0.100. The quantitative estimate of drug-likeness (QED) is 0.339. The first-order valence-corrected chi connectivity index (χ1v) is 6.89. The summed E-state index contributed by atoms with van der Waals surface area (Å²) < 4.78 is 5.73. The summed E-state index contributed by atoms with van der Waals surface area (Å²) in [6, 6.07) is 29.3. The van der Waals surface area contributed by atoms with E-state index in [0.717, 1.165) is 17.1 Å². The molecule has 3 aromatic carbocycles. The molecule has 0 saturated carbocycles. The first-order valence-electron chi connectivity index (χ1n) is 6.89. The first-order chi connectivity index (χ1) is 10.3. The normalized spacial score (nSPS) is 7.92. The third kappa shape index (κ3) is 10.5. The van der Waals surface area contributed by atoms with E-state index in [1.54, 1.807) is 0 Å². The van der Waals surface area contributed by atoms with Crippen molar-refractivity contribution in [1.82, 2.24) is 0 Å². The summed E-state index contributed by atoms with van der Waals surface area (Å²) in [6.07, 6.45) is 0. The van der Waals surface area contributed by atoms with Crippen molar-refractivity contribution in [3.63, 3.8) is 0 Å². The van der Waals surface area contributed by atoms with Crippen LogP contribution in [0.5, 0.6) is 11.5 Å². The molecule has 0 N–H and O–H groups in total. The molecule has 0 aliphatic rings. The van der Waals surface area contributed by atoms with Gasteiger partial charge in [-0.3, -0.25) is 0 Å². The third-order valence-corrected chi connectivity index (χ3v) is 3.05. The van der Waals surface area contributed by atoms with Crippen molar-refractivity contribution in [2.24, 2.45) is 0 Å². The molecule has 0 fully saturated rings. The Labute approximate surface area is 182 Å². The summed E-state index contributed by atoms with van der Waals surface area (Å²) in [7, 11) is 0. The van der Waals surface area contributed by atoms with Gasteiger partial charge >= 0.3 is 21.7 Å². The molecular weight excluding hydrogens is 403 g/mol. The van der Waals surface area contributed by atoms with Crippen LogP contribution in [0.15, 0.2) is 72.8 Å². The Morgan fingerprint density at radius 2 is 1.32 bits per heavy atom. The van der Waals surface area contributed by atoms with Crippen LogP contribution in [0.2, 0.25) is 0 Å². The molecule has 3 aromatic rings. The molecule has 0 aliphatic carbocycles. The van der Waals surface area contributed by atoms with E-state index in [9.17, 15) is 0 Å². The van der Waals surface area contributed by atoms with Crippen molar-refractivity contribution in [3.05, 3.63) is 96.1 Å². The van der Waals surface area contributed by atoms with Gasteiger partial charge in [-0.25, -0.2) is 0 Å². The van der Waals surface area contributed by atoms with E-state index >= 15 is 0 Å². The van der Waals surface area contributed by atoms with E-state index < -0.39 is 0 Å². The van der Waals surface area contributed by atoms with Gasteiger partial charge in [0.05, 0.1) is 0 Å². The van der Waals surface area contributed by atoms with E-state index in [-0.39, 0.29) is 57.5 Å². The number of ether oxygens (including phenoxy) is 1. The molecule has 0 radical (unpaired) electrons. The number of benzene rings is 3. The van der Waals surface area contributed by atoms with Gasteiger partial charge in [0.15, 0.2) is 0 Å². The maximum atomic E-state index is 5.73. The van der Waals surface area contributed by atoms with E-state index in [1.165, 1.54) is 5.56 Å². The summed E-state index contributed by atoms with van der Waals surface area (Å²) >= 11 is 0. The van der Waals surface area contributed by atoms with E-state index in [2.05, 4.69) is 19.1 Å². The molecule has 3 rings (SSSR count). The number of rotatable bonds is 2. The fourth-order valence-electron chi connectivity index (χ4n) is 1.71. The Balaban J connectivity index is -0.000000421. The Kier molecular flexibility index (Phi) is 18.9. The summed E-state index contributed by atoms with van der Waals surface area (Å²) in [5.74, 6) is 1.66. The van der Waals surface area contributed by atoms with E-state index in [0.29, 0.717) is 0 Å². The molecule has 1 nitrogen and oxygen atoms in total. The smallest absolute Gasteiger partial charge is 1.00 e. The molecule has 0 saturated heterocycles. The van der Waals surface area contributed by atoms with Crippen LogP contribution in [0.25, 0.3) is 0 Å². The third-order valence-electron chi connectivity index (χ3n) is 3.05. The van der Waals surface area contributed by atoms with Gasteiger partial charge in [0.1, 0.15) is 5.75 Å². The fourth-order valence-corrected chi connectivity index (χ4v) is 1.71. The maximum absolute atomic E-state index is 5.73. The van der Waals surface area contributed by atoms with Crippen LogP contribution in [0, 0.1) is 26.0 Å². The monoisotopic (exact) mass is 424 g/mol. The molecule has 0 amide bonds. The molecule has 0 aromatic heterocycles. The van der Waals surface area contributed by atoms with Crippen molar-refractivity contribution in [1.29, 1.82) is 0 Å². The van der Waals surface area contributed by atoms with Crippen LogP contribution in [0.4, 0.5) is 0 Å². The topological polar surface area (TPSA) is 9.23 Å². The van der Waals surface area contributed by atoms with Crippen LogP contribution in [-0.2, 0) is 21.7 Å². The minimum absolute atomic E-state index is 0. The van der Waals surface area contributed by atoms with Gasteiger partial charge in [-0.15, -0.1) is 11.6 Å². The van der Waals surface area contributed by atoms with Gasteiger partial charge in [0.2, 0.25) is 0 Å². The molecule has 0 aliphatic heterocycles. The molecular formula is C20H22Cl2OSiTi. The second-order valence-corrected chi connectivity index (χ2v) is 4.61. The molecule has 0 atom stereocenters. The van der Waals surface area contributed by atoms with Gasteiger partial charge in [-0.2, -0.15) is 54.1 Å². The van der Waals surface area contributed by atoms with Gasteiger partial charge in [0.25, 0.3) is 0 Å². The molecule has 0 unspecified atom stereocenters. The molecule has 0 bridgehead atoms. The molecule has 25 heavy (non-hydrogen) atoms. The number of halogens is 2. The average Bonchev–Trinajstić information content (AvgIpc) is 2.55. The first kappa shape index (κ1) is 28.8. The summed E-state index contributed by atoms with van der Waals surface area (Å²) in [5.41, 5.74) is 2.36. The number of aryl methyl sites for hydroxylation is 1. The summed E-state index contributed by atoms with van der Waals surface area (Å²) in [4.78, 5) is 0. The molecule has 0 spiro atoms. The Bertz CT molecular complexity index is 640. The predicted molar refractivity (Wildman–Crippen MR) is 97.9 cm³/mol. The van der Waals surface area contributed by atoms with Gasteiger partial charge in [0, 0.05) is 5.75 Å². The minimum Gasteiger partial charge on any atom is -1.00 e. The Morgan fingerprint density at radius 3 is 1.80 bits per heavy atom. The van der Waals surface area contributed by atoms with Crippen molar-refractivity contribution in [2.75, 3.05) is 0 Å². The molecule has 130 valence electrons. The van der Waals surface area contributed by atoms with Crippen LogP contribution in [0.3, 0.4) is 0 Å². The van der Waals surface area contributed by atoms with Gasteiger partial charge in [-0.1, -0.05) is 32.0 Å². The zero-order valence-corrected chi connectivity index (χ0v) is 16.7. The average molecular weight is 425 g/mol. The van der Waals surface area contributed by atoms with Gasteiger partial charge < -0.3 is 29.6 Å². The number of hydrogen-bond acceptors (Lipinski definition) is 1. The Hall–Kier alpha value is -1.03. The van der Waals surface area contributed by atoms with Crippen molar-refractivity contribution >= 4 is 11.0 Å². The number of hydrogen-bond donors (Lipinski definition) is 0. The number of para-hydroxylation sites is 1. The van der Waals surface area contributed by atoms with Crippen molar-refractivity contribution in [3.8, 4) is 11.5 Å². The second-order valence-electron chi connectivity index (χ2n) is 4.61. The van der Waals surface area contributed by atoms with Crippen LogP contribution >= 0.6 is 0 Å². The van der Waals surface area contributed by atoms with Crippen LogP contribution < -0.4 is 29.6 Å². The van der Waals surface area contributed by atoms with Crippen molar-refractivity contribution in [2.45, 2.75) is 13.8 Å². The van der Waals surface area contributed by atoms with Gasteiger partial charge in [-0.05, 0) is 23.1 Å². The van der Waals surface area contributed by atoms with Crippen molar-refractivity contribution < 1.29 is 51.3 Å². The van der Waals surface area contributed by atoms with Crippen LogP contribution in [0.1, 0.15) is 11.1 Å². The second kappa shape index (κ2) is 16.4. The molecule has 5 heteroatoms. The minimum atomic E-state index is 0. The van der Waals surface area contributed by atoms with E-state index in [1.807, 2.05) is 79.7 Å². The SMILES string of the molecule is Cc1cc[c-]c(Oc2ccccc2)c1C.[Cl-].[Cl-].[SiH4].[Ti+4].[c-]1ccccc1. The predicted octanol–water partition coefficient (Wildman–Crippen LogP) is -2.06. The summed E-state index contributed by atoms with van der Waals surface area (Å²) in [6.45, 7) is 4.12. The van der Waals surface area contributed by atoms with Crippen LogP contribution in [-0.4, -0.2) is 11.0 Å². The maximum Gasteiger partial charge on any atom is 4.00 e.